The highest BCUT2D eigenvalue weighted by atomic mass is 19.1. The summed E-state index contributed by atoms with van der Waals surface area (Å²) in [6, 6.07) is 6.99. The van der Waals surface area contributed by atoms with E-state index in [4.69, 9.17) is 0 Å². The van der Waals surface area contributed by atoms with E-state index in [1.807, 2.05) is 12.1 Å². The third-order valence-electron chi connectivity index (χ3n) is 3.72. The summed E-state index contributed by atoms with van der Waals surface area (Å²) in [6.45, 7) is 3.99. The molecule has 0 amide bonds. The molecule has 1 fully saturated rings. The van der Waals surface area contributed by atoms with Crippen molar-refractivity contribution in [3.63, 3.8) is 0 Å². The normalized spacial score (nSPS) is 24.9. The van der Waals surface area contributed by atoms with Gasteiger partial charge in [-0.3, -0.25) is 0 Å². The maximum Gasteiger partial charge on any atom is 0.127 e. The van der Waals surface area contributed by atoms with E-state index in [1.165, 1.54) is 25.3 Å². The van der Waals surface area contributed by atoms with Crippen LogP contribution in [-0.2, 0) is 6.54 Å². The van der Waals surface area contributed by atoms with Crippen molar-refractivity contribution < 1.29 is 4.39 Å². The molecule has 0 heterocycles. The fourth-order valence-corrected chi connectivity index (χ4v) is 2.56. The molecule has 0 spiro atoms. The maximum atomic E-state index is 13.3. The average molecular weight is 221 g/mol. The highest BCUT2D eigenvalue weighted by Gasteiger charge is 2.22. The molecule has 16 heavy (non-hydrogen) atoms. The topological polar surface area (TPSA) is 12.0 Å². The predicted molar refractivity (Wildman–Crippen MR) is 64.6 cm³/mol. The van der Waals surface area contributed by atoms with E-state index in [0.29, 0.717) is 6.54 Å². The van der Waals surface area contributed by atoms with Gasteiger partial charge >= 0.3 is 0 Å². The zero-order valence-corrected chi connectivity index (χ0v) is 9.88. The average Bonchev–Trinajstić information content (AvgIpc) is 2.67. The Morgan fingerprint density at radius 1 is 1.31 bits per heavy atom. The Labute approximate surface area is 97.1 Å². The molecule has 1 aliphatic carbocycles. The van der Waals surface area contributed by atoms with Gasteiger partial charge < -0.3 is 5.32 Å². The standard InChI is InChI=1S/C14H20FN/c1-11-5-4-7-12(11)9-16-10-13-6-2-3-8-14(13)15/h2-3,6,8,11-12,16H,4-5,7,9-10H2,1H3. The zero-order chi connectivity index (χ0) is 11.4. The van der Waals surface area contributed by atoms with Gasteiger partial charge in [-0.15, -0.1) is 0 Å². The Morgan fingerprint density at radius 3 is 2.81 bits per heavy atom. The largest absolute Gasteiger partial charge is 0.312 e. The second-order valence-electron chi connectivity index (χ2n) is 4.89. The minimum absolute atomic E-state index is 0.102. The Balaban J connectivity index is 1.78. The van der Waals surface area contributed by atoms with Crippen LogP contribution in [0.1, 0.15) is 31.7 Å². The SMILES string of the molecule is CC1CCCC1CNCc1ccccc1F. The van der Waals surface area contributed by atoms with Gasteiger partial charge in [-0.05, 0) is 30.9 Å². The van der Waals surface area contributed by atoms with Gasteiger partial charge in [0.05, 0.1) is 0 Å². The third kappa shape index (κ3) is 2.82. The summed E-state index contributed by atoms with van der Waals surface area (Å²) in [5.41, 5.74) is 0.771. The first-order valence-electron chi connectivity index (χ1n) is 6.21. The third-order valence-corrected chi connectivity index (χ3v) is 3.72. The van der Waals surface area contributed by atoms with Crippen LogP contribution in [0.4, 0.5) is 4.39 Å². The van der Waals surface area contributed by atoms with Crippen molar-refractivity contribution in [3.05, 3.63) is 35.6 Å². The minimum Gasteiger partial charge on any atom is -0.312 e. The van der Waals surface area contributed by atoms with E-state index >= 15 is 0 Å². The molecule has 1 saturated carbocycles. The molecule has 0 radical (unpaired) electrons. The van der Waals surface area contributed by atoms with Gasteiger partial charge in [0, 0.05) is 12.1 Å². The van der Waals surface area contributed by atoms with Gasteiger partial charge in [-0.1, -0.05) is 38.0 Å². The van der Waals surface area contributed by atoms with Gasteiger partial charge in [-0.2, -0.15) is 0 Å². The molecule has 2 rings (SSSR count). The highest BCUT2D eigenvalue weighted by molar-refractivity contribution is 5.16. The number of hydrogen-bond donors (Lipinski definition) is 1. The number of halogens is 1. The van der Waals surface area contributed by atoms with Crippen molar-refractivity contribution in [2.75, 3.05) is 6.54 Å². The number of benzene rings is 1. The molecule has 88 valence electrons. The molecular formula is C14H20FN. The predicted octanol–water partition coefficient (Wildman–Crippen LogP) is 3.35. The Hall–Kier alpha value is -0.890. The lowest BCUT2D eigenvalue weighted by Gasteiger charge is -2.16. The quantitative estimate of drug-likeness (QED) is 0.822. The molecule has 2 heteroatoms. The summed E-state index contributed by atoms with van der Waals surface area (Å²) in [6.07, 6.45) is 4.03. The van der Waals surface area contributed by atoms with Crippen molar-refractivity contribution in [1.29, 1.82) is 0 Å². The molecule has 1 aromatic rings. The van der Waals surface area contributed by atoms with Crippen LogP contribution >= 0.6 is 0 Å². The first-order chi connectivity index (χ1) is 7.77. The highest BCUT2D eigenvalue weighted by Crippen LogP contribution is 2.30. The number of nitrogens with one attached hydrogen (secondary N) is 1. The van der Waals surface area contributed by atoms with Gasteiger partial charge in [0.15, 0.2) is 0 Å². The van der Waals surface area contributed by atoms with Crippen molar-refractivity contribution in [2.45, 2.75) is 32.7 Å². The molecule has 1 N–H and O–H groups in total. The lowest BCUT2D eigenvalue weighted by atomic mass is 9.98. The molecule has 2 unspecified atom stereocenters. The number of hydrogen-bond acceptors (Lipinski definition) is 1. The van der Waals surface area contributed by atoms with Crippen LogP contribution in [0.15, 0.2) is 24.3 Å². The lowest BCUT2D eigenvalue weighted by Crippen LogP contribution is -2.24. The van der Waals surface area contributed by atoms with Gasteiger partial charge in [0.25, 0.3) is 0 Å². The maximum absolute atomic E-state index is 13.3. The molecule has 0 bridgehead atoms. The zero-order valence-electron chi connectivity index (χ0n) is 9.88. The van der Waals surface area contributed by atoms with E-state index in [1.54, 1.807) is 6.07 Å². The fraction of sp³-hybridized carbons (Fsp3) is 0.571. The van der Waals surface area contributed by atoms with Crippen LogP contribution < -0.4 is 5.32 Å². The molecule has 0 saturated heterocycles. The van der Waals surface area contributed by atoms with E-state index in [9.17, 15) is 4.39 Å². The van der Waals surface area contributed by atoms with E-state index in [0.717, 1.165) is 23.9 Å². The van der Waals surface area contributed by atoms with Crippen LogP contribution in [-0.4, -0.2) is 6.54 Å². The smallest absolute Gasteiger partial charge is 0.127 e. The number of rotatable bonds is 4. The van der Waals surface area contributed by atoms with Crippen LogP contribution in [0.2, 0.25) is 0 Å². The first kappa shape index (κ1) is 11.6. The summed E-state index contributed by atoms with van der Waals surface area (Å²) in [5, 5.41) is 3.37. The second-order valence-corrected chi connectivity index (χ2v) is 4.89. The Morgan fingerprint density at radius 2 is 2.12 bits per heavy atom. The fourth-order valence-electron chi connectivity index (χ4n) is 2.56. The molecule has 0 aromatic heterocycles. The molecular weight excluding hydrogens is 201 g/mol. The van der Waals surface area contributed by atoms with Crippen LogP contribution in [0.25, 0.3) is 0 Å². The molecule has 1 nitrogen and oxygen atoms in total. The molecule has 2 atom stereocenters. The molecule has 1 aromatic carbocycles. The first-order valence-corrected chi connectivity index (χ1v) is 6.21. The van der Waals surface area contributed by atoms with E-state index in [2.05, 4.69) is 12.2 Å². The minimum atomic E-state index is -0.102. The van der Waals surface area contributed by atoms with Crippen molar-refractivity contribution in [3.8, 4) is 0 Å². The van der Waals surface area contributed by atoms with Gasteiger partial charge in [-0.25, -0.2) is 4.39 Å². The van der Waals surface area contributed by atoms with E-state index < -0.39 is 0 Å². The van der Waals surface area contributed by atoms with Crippen LogP contribution in [0.5, 0.6) is 0 Å². The summed E-state index contributed by atoms with van der Waals surface area (Å²) in [4.78, 5) is 0. The van der Waals surface area contributed by atoms with Gasteiger partial charge in [0.1, 0.15) is 5.82 Å². The van der Waals surface area contributed by atoms with Crippen molar-refractivity contribution in [2.24, 2.45) is 11.8 Å². The monoisotopic (exact) mass is 221 g/mol. The van der Waals surface area contributed by atoms with E-state index in [-0.39, 0.29) is 5.82 Å². The van der Waals surface area contributed by atoms with Gasteiger partial charge in [0.2, 0.25) is 0 Å². The summed E-state index contributed by atoms with van der Waals surface area (Å²) in [7, 11) is 0. The summed E-state index contributed by atoms with van der Waals surface area (Å²) < 4.78 is 13.3. The second kappa shape index (κ2) is 5.44. The van der Waals surface area contributed by atoms with Crippen LogP contribution in [0, 0.1) is 17.7 Å². The lowest BCUT2D eigenvalue weighted by molar-refractivity contribution is 0.390. The Kier molecular flexibility index (Phi) is 3.94. The molecule has 1 aliphatic rings. The van der Waals surface area contributed by atoms with Crippen molar-refractivity contribution in [1.82, 2.24) is 5.32 Å². The summed E-state index contributed by atoms with van der Waals surface area (Å²) in [5.74, 6) is 1.51. The van der Waals surface area contributed by atoms with Crippen LogP contribution in [0.3, 0.4) is 0 Å². The Bertz CT molecular complexity index is 337. The summed E-state index contributed by atoms with van der Waals surface area (Å²) >= 11 is 0. The molecule has 0 aliphatic heterocycles. The van der Waals surface area contributed by atoms with Crippen molar-refractivity contribution >= 4 is 0 Å².